The summed E-state index contributed by atoms with van der Waals surface area (Å²) in [5.74, 6) is -1.10. The molecule has 3 fully saturated rings. The molecule has 0 atom stereocenters. The van der Waals surface area contributed by atoms with Crippen molar-refractivity contribution in [1.82, 2.24) is 15.1 Å². The van der Waals surface area contributed by atoms with Crippen molar-refractivity contribution < 1.29 is 18.4 Å². The number of rotatable bonds is 6. The SMILES string of the molecule is O=C(c1ccc(F)cc1F)C1CCN(CCC2CCC(NC(=O)N3CCCC3)CC2)CC1. The van der Waals surface area contributed by atoms with Gasteiger partial charge in [-0.2, -0.15) is 0 Å². The summed E-state index contributed by atoms with van der Waals surface area (Å²) < 4.78 is 27.0. The Balaban J connectivity index is 1.13. The van der Waals surface area contributed by atoms with E-state index in [0.717, 1.165) is 103 Å². The number of nitrogens with one attached hydrogen (secondary N) is 1. The number of benzene rings is 1. The first kappa shape index (κ1) is 23.1. The third kappa shape index (κ3) is 5.85. The molecule has 7 heteroatoms. The number of Topliss-reactive ketones (excluding diaryl/α,β-unsaturated/α-hetero) is 1. The number of likely N-dealkylation sites (tertiary alicyclic amines) is 2. The van der Waals surface area contributed by atoms with Crippen molar-refractivity contribution in [3.05, 3.63) is 35.4 Å². The Labute approximate surface area is 189 Å². The van der Waals surface area contributed by atoms with E-state index in [1.54, 1.807) is 0 Å². The van der Waals surface area contributed by atoms with E-state index in [2.05, 4.69) is 10.2 Å². The van der Waals surface area contributed by atoms with Crippen LogP contribution in [-0.4, -0.2) is 60.4 Å². The van der Waals surface area contributed by atoms with Gasteiger partial charge in [0.25, 0.3) is 0 Å². The van der Waals surface area contributed by atoms with Gasteiger partial charge in [0.1, 0.15) is 11.6 Å². The average molecular weight is 448 g/mol. The van der Waals surface area contributed by atoms with Gasteiger partial charge in [-0.05, 0) is 95.5 Å². The van der Waals surface area contributed by atoms with Crippen LogP contribution in [0.2, 0.25) is 0 Å². The highest BCUT2D eigenvalue weighted by Crippen LogP contribution is 2.29. The lowest BCUT2D eigenvalue weighted by molar-refractivity contribution is 0.0828. The van der Waals surface area contributed by atoms with Gasteiger partial charge in [-0.15, -0.1) is 0 Å². The number of ketones is 1. The molecule has 1 aliphatic carbocycles. The molecule has 5 nitrogen and oxygen atoms in total. The highest BCUT2D eigenvalue weighted by atomic mass is 19.1. The van der Waals surface area contributed by atoms with E-state index in [0.29, 0.717) is 12.0 Å². The lowest BCUT2D eigenvalue weighted by Gasteiger charge is -2.34. The van der Waals surface area contributed by atoms with Crippen LogP contribution >= 0.6 is 0 Å². The van der Waals surface area contributed by atoms with E-state index in [1.165, 1.54) is 6.07 Å². The van der Waals surface area contributed by atoms with Crippen LogP contribution in [-0.2, 0) is 0 Å². The van der Waals surface area contributed by atoms with E-state index in [4.69, 9.17) is 0 Å². The highest BCUT2D eigenvalue weighted by Gasteiger charge is 2.29. The van der Waals surface area contributed by atoms with Gasteiger partial charge >= 0.3 is 6.03 Å². The predicted octanol–water partition coefficient (Wildman–Crippen LogP) is 4.61. The minimum Gasteiger partial charge on any atom is -0.335 e. The zero-order valence-corrected chi connectivity index (χ0v) is 18.8. The summed E-state index contributed by atoms with van der Waals surface area (Å²) in [6.07, 6.45) is 9.28. The third-order valence-electron chi connectivity index (χ3n) is 7.58. The predicted molar refractivity (Wildman–Crippen MR) is 120 cm³/mol. The van der Waals surface area contributed by atoms with Crippen LogP contribution < -0.4 is 5.32 Å². The zero-order chi connectivity index (χ0) is 22.5. The first-order valence-corrected chi connectivity index (χ1v) is 12.3. The number of carbonyl (C=O) groups is 2. The molecular formula is C25H35F2N3O2. The summed E-state index contributed by atoms with van der Waals surface area (Å²) >= 11 is 0. The fraction of sp³-hybridized carbons (Fsp3) is 0.680. The number of hydrogen-bond acceptors (Lipinski definition) is 3. The maximum Gasteiger partial charge on any atom is 0.317 e. The first-order chi connectivity index (χ1) is 15.5. The Kier molecular flexibility index (Phi) is 7.76. The maximum atomic E-state index is 13.9. The van der Waals surface area contributed by atoms with E-state index in [1.807, 2.05) is 4.90 Å². The zero-order valence-electron chi connectivity index (χ0n) is 18.8. The Morgan fingerprint density at radius 1 is 0.938 bits per heavy atom. The highest BCUT2D eigenvalue weighted by molar-refractivity contribution is 5.98. The van der Waals surface area contributed by atoms with Crippen LogP contribution in [0.3, 0.4) is 0 Å². The Morgan fingerprint density at radius 3 is 2.28 bits per heavy atom. The monoisotopic (exact) mass is 447 g/mol. The smallest absolute Gasteiger partial charge is 0.317 e. The molecule has 2 saturated heterocycles. The largest absolute Gasteiger partial charge is 0.335 e. The Morgan fingerprint density at radius 2 is 1.62 bits per heavy atom. The second-order valence-electron chi connectivity index (χ2n) is 9.75. The lowest BCUT2D eigenvalue weighted by atomic mass is 9.83. The summed E-state index contributed by atoms with van der Waals surface area (Å²) in [5.41, 5.74) is 0.0124. The van der Waals surface area contributed by atoms with Gasteiger partial charge < -0.3 is 15.1 Å². The van der Waals surface area contributed by atoms with Crippen LogP contribution in [0.4, 0.5) is 13.6 Å². The van der Waals surface area contributed by atoms with Gasteiger partial charge in [0.2, 0.25) is 0 Å². The van der Waals surface area contributed by atoms with Crippen molar-refractivity contribution in [2.75, 3.05) is 32.7 Å². The van der Waals surface area contributed by atoms with Crippen LogP contribution in [0.15, 0.2) is 18.2 Å². The van der Waals surface area contributed by atoms with Gasteiger partial charge in [0.05, 0.1) is 5.56 Å². The Bertz CT molecular complexity index is 796. The third-order valence-corrected chi connectivity index (χ3v) is 7.58. The molecule has 0 spiro atoms. The van der Waals surface area contributed by atoms with Crippen molar-refractivity contribution in [2.24, 2.45) is 11.8 Å². The first-order valence-electron chi connectivity index (χ1n) is 12.3. The Hall–Kier alpha value is -2.02. The quantitative estimate of drug-likeness (QED) is 0.648. The van der Waals surface area contributed by atoms with Crippen molar-refractivity contribution in [3.8, 4) is 0 Å². The minimum absolute atomic E-state index is 0.0124. The number of nitrogens with zero attached hydrogens (tertiary/aromatic N) is 2. The standard InChI is InChI=1S/C25H35F2N3O2/c26-20-5-8-22(23(27)17-20)24(31)19-10-15-29(16-11-19)14-9-18-3-6-21(7-4-18)28-25(32)30-12-1-2-13-30/h5,8,17-19,21H,1-4,6-7,9-16H2,(H,28,32). The van der Waals surface area contributed by atoms with Gasteiger partial charge in [0.15, 0.2) is 5.78 Å². The molecule has 0 radical (unpaired) electrons. The second-order valence-corrected chi connectivity index (χ2v) is 9.75. The summed E-state index contributed by atoms with van der Waals surface area (Å²) in [6.45, 7) is 4.51. The molecule has 2 aliphatic heterocycles. The van der Waals surface area contributed by atoms with Gasteiger partial charge in [0, 0.05) is 31.1 Å². The second kappa shape index (κ2) is 10.7. The number of urea groups is 1. The molecule has 3 aliphatic rings. The lowest BCUT2D eigenvalue weighted by Crippen LogP contribution is -2.45. The average Bonchev–Trinajstić information content (AvgIpc) is 3.34. The summed E-state index contributed by atoms with van der Waals surface area (Å²) in [7, 11) is 0. The summed E-state index contributed by atoms with van der Waals surface area (Å²) in [4.78, 5) is 29.2. The number of carbonyl (C=O) groups excluding carboxylic acids is 2. The maximum absolute atomic E-state index is 13.9. The fourth-order valence-electron chi connectivity index (χ4n) is 5.47. The van der Waals surface area contributed by atoms with Crippen LogP contribution in [0, 0.1) is 23.5 Å². The van der Waals surface area contributed by atoms with Crippen molar-refractivity contribution in [2.45, 2.75) is 63.8 Å². The van der Waals surface area contributed by atoms with Crippen LogP contribution in [0.5, 0.6) is 0 Å². The number of piperidine rings is 1. The molecule has 0 unspecified atom stereocenters. The number of hydrogen-bond donors (Lipinski definition) is 1. The number of amides is 2. The van der Waals surface area contributed by atoms with Gasteiger partial charge in [-0.25, -0.2) is 13.6 Å². The van der Waals surface area contributed by atoms with Gasteiger partial charge in [-0.3, -0.25) is 4.79 Å². The van der Waals surface area contributed by atoms with Crippen molar-refractivity contribution >= 4 is 11.8 Å². The van der Waals surface area contributed by atoms with Crippen molar-refractivity contribution in [1.29, 1.82) is 0 Å². The molecular weight excluding hydrogens is 412 g/mol. The van der Waals surface area contributed by atoms with E-state index in [9.17, 15) is 18.4 Å². The molecule has 32 heavy (non-hydrogen) atoms. The van der Waals surface area contributed by atoms with Crippen molar-refractivity contribution in [3.63, 3.8) is 0 Å². The van der Waals surface area contributed by atoms with E-state index >= 15 is 0 Å². The summed E-state index contributed by atoms with van der Waals surface area (Å²) in [5, 5.41) is 3.22. The topological polar surface area (TPSA) is 52.7 Å². The molecule has 4 rings (SSSR count). The molecule has 1 aromatic carbocycles. The minimum atomic E-state index is -0.760. The molecule has 1 N–H and O–H groups in total. The van der Waals surface area contributed by atoms with E-state index < -0.39 is 11.6 Å². The molecule has 2 amide bonds. The van der Waals surface area contributed by atoms with E-state index in [-0.39, 0.29) is 23.3 Å². The molecule has 0 aromatic heterocycles. The van der Waals surface area contributed by atoms with Gasteiger partial charge in [-0.1, -0.05) is 0 Å². The summed E-state index contributed by atoms with van der Waals surface area (Å²) in [6, 6.07) is 3.63. The van der Waals surface area contributed by atoms with Crippen LogP contribution in [0.25, 0.3) is 0 Å². The molecule has 1 aromatic rings. The molecule has 0 bridgehead atoms. The molecule has 2 heterocycles. The van der Waals surface area contributed by atoms with Crippen LogP contribution in [0.1, 0.15) is 68.1 Å². The fourth-order valence-corrected chi connectivity index (χ4v) is 5.47. The molecule has 1 saturated carbocycles. The molecule has 176 valence electrons. The normalized spacial score (nSPS) is 25.1. The number of halogens is 2.